The number of carbonyl (C=O) groups is 1. The van der Waals surface area contributed by atoms with Crippen LogP contribution in [0.25, 0.3) is 0 Å². The summed E-state index contributed by atoms with van der Waals surface area (Å²) in [4.78, 5) is 13.2. The summed E-state index contributed by atoms with van der Waals surface area (Å²) in [6.45, 7) is 2.38. The Morgan fingerprint density at radius 2 is 1.68 bits per heavy atom. The van der Waals surface area contributed by atoms with Crippen LogP contribution in [0.1, 0.15) is 62.6 Å². The predicted molar refractivity (Wildman–Crippen MR) is 131 cm³/mol. The lowest BCUT2D eigenvalue weighted by atomic mass is 9.72. The fourth-order valence-electron chi connectivity index (χ4n) is 6.49. The number of fused-ring (bicyclic) bond motifs is 3. The number of rotatable bonds is 6. The van der Waals surface area contributed by atoms with Crippen LogP contribution >= 0.6 is 0 Å². The number of hydrogen-bond donors (Lipinski definition) is 1. The van der Waals surface area contributed by atoms with Crippen LogP contribution in [0, 0.1) is 23.6 Å². The molecule has 1 N–H and O–H groups in total. The molecule has 4 nitrogen and oxygen atoms in total. The molecule has 3 aliphatic carbocycles. The molecule has 0 aliphatic heterocycles. The Kier molecular flexibility index (Phi) is 6.44. The molecule has 0 spiro atoms. The van der Waals surface area contributed by atoms with Gasteiger partial charge in [0.15, 0.2) is 9.84 Å². The van der Waals surface area contributed by atoms with Gasteiger partial charge in [0.05, 0.1) is 4.90 Å². The van der Waals surface area contributed by atoms with Gasteiger partial charge in [0.25, 0.3) is 0 Å². The molecule has 3 aliphatic rings. The van der Waals surface area contributed by atoms with Crippen LogP contribution in [0.15, 0.2) is 47.4 Å². The van der Waals surface area contributed by atoms with Gasteiger partial charge in [-0.3, -0.25) is 4.79 Å². The van der Waals surface area contributed by atoms with Crippen molar-refractivity contribution in [2.24, 2.45) is 17.8 Å². The number of nitrogens with one attached hydrogen (secondary N) is 1. The second-order valence-corrected chi connectivity index (χ2v) is 13.4. The van der Waals surface area contributed by atoms with E-state index in [1.54, 1.807) is 0 Å². The Labute approximate surface area is 218 Å². The molecule has 5 rings (SSSR count). The molecule has 0 radical (unpaired) electrons. The van der Waals surface area contributed by atoms with E-state index < -0.39 is 49.6 Å². The highest BCUT2D eigenvalue weighted by Crippen LogP contribution is 2.59. The van der Waals surface area contributed by atoms with Crippen LogP contribution in [0.2, 0.25) is 0 Å². The van der Waals surface area contributed by atoms with Crippen molar-refractivity contribution in [3.8, 4) is 0 Å². The predicted octanol–water partition coefficient (Wildman–Crippen LogP) is 6.13. The van der Waals surface area contributed by atoms with E-state index in [0.717, 1.165) is 37.1 Å². The number of carbonyl (C=O) groups excluding carboxylic acids is 1. The number of aryl methyl sites for hydroxylation is 1. The summed E-state index contributed by atoms with van der Waals surface area (Å²) in [5.41, 5.74) is -3.59. The third-order valence-electron chi connectivity index (χ3n) is 8.91. The highest BCUT2D eigenvalue weighted by atomic mass is 32.2. The van der Waals surface area contributed by atoms with Crippen molar-refractivity contribution in [2.75, 3.05) is 0 Å². The minimum absolute atomic E-state index is 0.0331. The van der Waals surface area contributed by atoms with Crippen LogP contribution in [0.5, 0.6) is 0 Å². The molecule has 0 heterocycles. The van der Waals surface area contributed by atoms with Gasteiger partial charge in [-0.1, -0.05) is 18.2 Å². The summed E-state index contributed by atoms with van der Waals surface area (Å²) in [5.74, 6) is -1.68. The monoisotopic (exact) mass is 555 g/mol. The highest BCUT2D eigenvalue weighted by Gasteiger charge is 2.62. The van der Waals surface area contributed by atoms with E-state index in [1.165, 1.54) is 18.2 Å². The first-order valence-electron chi connectivity index (χ1n) is 12.9. The van der Waals surface area contributed by atoms with Crippen molar-refractivity contribution < 1.29 is 35.2 Å². The molecule has 38 heavy (non-hydrogen) atoms. The van der Waals surface area contributed by atoms with Crippen molar-refractivity contribution in [3.63, 3.8) is 0 Å². The van der Waals surface area contributed by atoms with Gasteiger partial charge in [0.1, 0.15) is 10.6 Å². The first-order valence-corrected chi connectivity index (χ1v) is 14.4. The number of alkyl halides is 4. The normalized spacial score (nSPS) is 27.7. The van der Waals surface area contributed by atoms with Crippen molar-refractivity contribution >= 4 is 15.7 Å². The number of halogens is 5. The fraction of sp³-hybridized carbons (Fsp3) is 0.536. The lowest BCUT2D eigenvalue weighted by Crippen LogP contribution is -2.48. The summed E-state index contributed by atoms with van der Waals surface area (Å²) in [6.07, 6.45) is -2.29. The molecule has 206 valence electrons. The summed E-state index contributed by atoms with van der Waals surface area (Å²) < 4.78 is 95.8. The van der Waals surface area contributed by atoms with E-state index in [-0.39, 0.29) is 42.5 Å². The molecule has 0 aromatic heterocycles. The van der Waals surface area contributed by atoms with Gasteiger partial charge in [-0.25, -0.2) is 17.2 Å². The van der Waals surface area contributed by atoms with Crippen molar-refractivity contribution in [2.45, 2.75) is 79.9 Å². The lowest BCUT2D eigenvalue weighted by molar-refractivity contribution is -0.228. The largest absolute Gasteiger partial charge is 0.426 e. The lowest BCUT2D eigenvalue weighted by Gasteiger charge is -2.42. The molecule has 1 unspecified atom stereocenters. The van der Waals surface area contributed by atoms with Gasteiger partial charge < -0.3 is 5.32 Å². The van der Waals surface area contributed by atoms with Gasteiger partial charge in [-0.15, -0.1) is 0 Å². The Morgan fingerprint density at radius 1 is 1.03 bits per heavy atom. The van der Waals surface area contributed by atoms with Gasteiger partial charge in [-0.2, -0.15) is 13.2 Å². The number of amides is 1. The van der Waals surface area contributed by atoms with Gasteiger partial charge >= 0.3 is 6.18 Å². The molecule has 2 fully saturated rings. The minimum Gasteiger partial charge on any atom is -0.353 e. The average Bonchev–Trinajstić information content (AvgIpc) is 3.62. The fourth-order valence-corrected chi connectivity index (χ4v) is 8.96. The van der Waals surface area contributed by atoms with Crippen LogP contribution in [0.4, 0.5) is 22.0 Å². The molecule has 0 bridgehead atoms. The minimum atomic E-state index is -5.15. The molecule has 5 atom stereocenters. The molecule has 2 aromatic carbocycles. The van der Waals surface area contributed by atoms with E-state index in [1.807, 2.05) is 6.92 Å². The third-order valence-corrected chi connectivity index (χ3v) is 11.5. The maximum atomic E-state index is 14.8. The molecule has 2 aromatic rings. The molecular formula is C28H30F5NO3S. The summed E-state index contributed by atoms with van der Waals surface area (Å²) >= 11 is 0. The zero-order chi connectivity index (χ0) is 27.7. The zero-order valence-corrected chi connectivity index (χ0v) is 21.9. The van der Waals surface area contributed by atoms with Crippen molar-refractivity contribution in [3.05, 3.63) is 65.0 Å². The topological polar surface area (TPSA) is 63.2 Å². The first kappa shape index (κ1) is 27.1. The van der Waals surface area contributed by atoms with Crippen LogP contribution in [-0.2, 0) is 31.5 Å². The number of sulfone groups is 1. The Bertz CT molecular complexity index is 1350. The maximum Gasteiger partial charge on any atom is 0.426 e. The van der Waals surface area contributed by atoms with E-state index in [0.29, 0.717) is 24.0 Å². The molecule has 1 amide bonds. The molecule has 2 saturated carbocycles. The van der Waals surface area contributed by atoms with E-state index in [9.17, 15) is 35.2 Å². The zero-order valence-electron chi connectivity index (χ0n) is 21.1. The summed E-state index contributed by atoms with van der Waals surface area (Å²) in [7, 11) is -4.23. The maximum absolute atomic E-state index is 14.8. The van der Waals surface area contributed by atoms with Gasteiger partial charge in [0, 0.05) is 12.0 Å². The highest BCUT2D eigenvalue weighted by molar-refractivity contribution is 7.92. The SMILES string of the molecule is C[C@H](NC(=O)[C@@H]1CC[C@@]2(S(=O)(=O)c3ccc(F)cc3)c3ccc(C(C)(F)C(F)(F)F)cc3CC[C@@H]12)C1CC1. The van der Waals surface area contributed by atoms with Crippen LogP contribution < -0.4 is 5.32 Å². The first-order chi connectivity index (χ1) is 17.7. The second kappa shape index (κ2) is 9.03. The van der Waals surface area contributed by atoms with Crippen molar-refractivity contribution in [1.82, 2.24) is 5.32 Å². The summed E-state index contributed by atoms with van der Waals surface area (Å²) in [5, 5.41) is 3.04. The smallest absolute Gasteiger partial charge is 0.353 e. The Hall–Kier alpha value is -2.49. The molecular weight excluding hydrogens is 525 g/mol. The van der Waals surface area contributed by atoms with Crippen LogP contribution in [-0.4, -0.2) is 26.5 Å². The van der Waals surface area contributed by atoms with Crippen molar-refractivity contribution in [1.29, 1.82) is 0 Å². The van der Waals surface area contributed by atoms with E-state index >= 15 is 0 Å². The standard InChI is InChI=1S/C28H30F5NO3S/c1-16(17-3-4-17)34-25(35)22-13-14-27(38(36,37)21-9-7-20(29)8-10-21)23-12-6-19(26(2,30)28(31,32)33)15-18(23)5-11-24(22)27/h6-10,12,15-17,22,24H,3-5,11,13-14H2,1-2H3,(H,34,35)/t16-,22+,24-,26?,27+/m0/s1. The van der Waals surface area contributed by atoms with Gasteiger partial charge in [-0.05, 0) is 105 Å². The Balaban J connectivity index is 1.62. The molecule has 0 saturated heterocycles. The number of hydrogen-bond acceptors (Lipinski definition) is 3. The molecule has 10 heteroatoms. The van der Waals surface area contributed by atoms with E-state index in [4.69, 9.17) is 0 Å². The van der Waals surface area contributed by atoms with E-state index in [2.05, 4.69) is 5.32 Å². The second-order valence-electron chi connectivity index (χ2n) is 11.1. The average molecular weight is 556 g/mol. The van der Waals surface area contributed by atoms with Gasteiger partial charge in [0.2, 0.25) is 11.6 Å². The Morgan fingerprint density at radius 3 is 2.29 bits per heavy atom. The third kappa shape index (κ3) is 4.14. The van der Waals surface area contributed by atoms with Crippen LogP contribution in [0.3, 0.4) is 0 Å². The quantitative estimate of drug-likeness (QED) is 0.345. The number of benzene rings is 2. The summed E-state index contributed by atoms with van der Waals surface area (Å²) in [6, 6.07) is 7.79.